The number of carbonyl (C=O) groups excluding carboxylic acids is 1. The Hall–Kier alpha value is -0.0600. The van der Waals surface area contributed by atoms with Gasteiger partial charge in [-0.15, -0.1) is 12.6 Å². The van der Waals surface area contributed by atoms with Crippen LogP contribution in [-0.2, 0) is 4.79 Å². The van der Waals surface area contributed by atoms with Crippen molar-refractivity contribution in [3.05, 3.63) is 0 Å². The highest BCUT2D eigenvalue weighted by Crippen LogP contribution is 1.82. The van der Waals surface area contributed by atoms with Crippen LogP contribution in [0.5, 0.6) is 0 Å². The van der Waals surface area contributed by atoms with E-state index in [-0.39, 0.29) is 18.1 Å². The van der Waals surface area contributed by atoms with E-state index in [1.165, 1.54) is 0 Å². The molecule has 0 saturated carbocycles. The zero-order chi connectivity index (χ0) is 6.99. The van der Waals surface area contributed by atoms with E-state index in [0.717, 1.165) is 7.11 Å². The number of thiol groups is 1. The second kappa shape index (κ2) is 10.0. The third-order valence-corrected chi connectivity index (χ3v) is 0.549. The summed E-state index contributed by atoms with van der Waals surface area (Å²) in [5.41, 5.74) is 0. The van der Waals surface area contributed by atoms with Crippen molar-refractivity contribution in [2.45, 2.75) is 6.42 Å². The van der Waals surface area contributed by atoms with Gasteiger partial charge in [-0.1, -0.05) is 0 Å². The minimum atomic E-state index is -0.266. The normalized spacial score (nSPS) is 7.00. The summed E-state index contributed by atoms with van der Waals surface area (Å²) in [5.74, 6) is 0. The Morgan fingerprint density at radius 1 is 1.62 bits per heavy atom. The Bertz CT molecular complexity index is 55.2. The lowest BCUT2D eigenvalue weighted by atomic mass is 10.5. The highest BCUT2D eigenvalue weighted by atomic mass is 32.1. The van der Waals surface area contributed by atoms with Crippen molar-refractivity contribution >= 4 is 17.7 Å². The molecule has 0 aromatic carbocycles. The molecule has 50 valence electrons. The first-order valence-electron chi connectivity index (χ1n) is 2.04. The minimum Gasteiger partial charge on any atom is -0.400 e. The van der Waals surface area contributed by atoms with Crippen molar-refractivity contribution in [2.24, 2.45) is 0 Å². The van der Waals surface area contributed by atoms with Gasteiger partial charge in [0.1, 0.15) is 0 Å². The van der Waals surface area contributed by atoms with Crippen LogP contribution in [0.3, 0.4) is 0 Å². The standard InChI is InChI=1S/C3H6O2S.CH4O/c4-2-1-3(5)6;1-2/h4H,1-2H2,(H,5,6);2H,1H3. The van der Waals surface area contributed by atoms with Crippen molar-refractivity contribution in [1.29, 1.82) is 0 Å². The molecule has 8 heavy (non-hydrogen) atoms. The molecular weight excluding hydrogens is 128 g/mol. The Balaban J connectivity index is 0. The summed E-state index contributed by atoms with van der Waals surface area (Å²) in [6.07, 6.45) is 0.156. The molecule has 0 atom stereocenters. The summed E-state index contributed by atoms with van der Waals surface area (Å²) in [6, 6.07) is 0. The quantitative estimate of drug-likeness (QED) is 0.448. The molecule has 0 bridgehead atoms. The van der Waals surface area contributed by atoms with E-state index in [2.05, 4.69) is 12.6 Å². The van der Waals surface area contributed by atoms with Gasteiger partial charge in [0, 0.05) is 13.5 Å². The van der Waals surface area contributed by atoms with E-state index in [1.807, 2.05) is 0 Å². The Morgan fingerprint density at radius 2 is 2.00 bits per heavy atom. The van der Waals surface area contributed by atoms with Gasteiger partial charge >= 0.3 is 0 Å². The molecule has 0 aliphatic rings. The summed E-state index contributed by atoms with van der Waals surface area (Å²) in [7, 11) is 1.00. The molecule has 0 rings (SSSR count). The van der Waals surface area contributed by atoms with Crippen LogP contribution in [0.25, 0.3) is 0 Å². The zero-order valence-electron chi connectivity index (χ0n) is 4.66. The van der Waals surface area contributed by atoms with E-state index in [4.69, 9.17) is 10.2 Å². The largest absolute Gasteiger partial charge is 0.400 e. The third-order valence-electron chi connectivity index (χ3n) is 0.326. The maximum absolute atomic E-state index is 9.75. The van der Waals surface area contributed by atoms with Crippen molar-refractivity contribution in [1.82, 2.24) is 0 Å². The maximum Gasteiger partial charge on any atom is 0.188 e. The number of hydrogen-bond acceptors (Lipinski definition) is 3. The van der Waals surface area contributed by atoms with E-state index in [1.54, 1.807) is 0 Å². The summed E-state index contributed by atoms with van der Waals surface area (Å²) < 4.78 is 0. The van der Waals surface area contributed by atoms with Crippen LogP contribution in [0.15, 0.2) is 0 Å². The van der Waals surface area contributed by atoms with Crippen LogP contribution in [0, 0.1) is 0 Å². The van der Waals surface area contributed by atoms with E-state index in [9.17, 15) is 4.79 Å². The van der Waals surface area contributed by atoms with Gasteiger partial charge in [-0.3, -0.25) is 4.79 Å². The van der Waals surface area contributed by atoms with Gasteiger partial charge in [-0.2, -0.15) is 0 Å². The van der Waals surface area contributed by atoms with Gasteiger partial charge < -0.3 is 10.2 Å². The molecule has 0 unspecified atom stereocenters. The van der Waals surface area contributed by atoms with Crippen LogP contribution in [0.2, 0.25) is 0 Å². The maximum atomic E-state index is 9.75. The lowest BCUT2D eigenvalue weighted by Gasteiger charge is -1.79. The highest BCUT2D eigenvalue weighted by Gasteiger charge is 1.86. The number of rotatable bonds is 2. The molecule has 0 aromatic heterocycles. The van der Waals surface area contributed by atoms with Gasteiger partial charge in [0.2, 0.25) is 0 Å². The second-order valence-corrected chi connectivity index (χ2v) is 1.37. The first-order chi connectivity index (χ1) is 3.77. The lowest BCUT2D eigenvalue weighted by Crippen LogP contribution is -1.88. The van der Waals surface area contributed by atoms with E-state index >= 15 is 0 Å². The zero-order valence-corrected chi connectivity index (χ0v) is 5.56. The molecule has 0 saturated heterocycles. The van der Waals surface area contributed by atoms with Crippen molar-refractivity contribution in [3.8, 4) is 0 Å². The number of carbonyl (C=O) groups is 1. The first-order valence-corrected chi connectivity index (χ1v) is 2.49. The molecule has 3 nitrogen and oxygen atoms in total. The molecule has 2 N–H and O–H groups in total. The third kappa shape index (κ3) is 16.8. The van der Waals surface area contributed by atoms with Crippen LogP contribution in [0.1, 0.15) is 6.42 Å². The van der Waals surface area contributed by atoms with Gasteiger partial charge in [0.05, 0.1) is 6.61 Å². The van der Waals surface area contributed by atoms with Crippen LogP contribution >= 0.6 is 12.6 Å². The molecule has 0 spiro atoms. The van der Waals surface area contributed by atoms with Crippen LogP contribution < -0.4 is 0 Å². The molecule has 0 aliphatic heterocycles. The monoisotopic (exact) mass is 138 g/mol. The summed E-state index contributed by atoms with van der Waals surface area (Å²) >= 11 is 3.38. The summed E-state index contributed by atoms with van der Waals surface area (Å²) in [4.78, 5) is 9.75. The summed E-state index contributed by atoms with van der Waals surface area (Å²) in [5, 5.41) is 14.7. The van der Waals surface area contributed by atoms with E-state index in [0.29, 0.717) is 0 Å². The van der Waals surface area contributed by atoms with E-state index < -0.39 is 0 Å². The lowest BCUT2D eigenvalue weighted by molar-refractivity contribution is -0.111. The molecule has 0 aromatic rings. The summed E-state index contributed by atoms with van der Waals surface area (Å²) in [6.45, 7) is -0.0949. The fourth-order valence-electron chi connectivity index (χ4n) is 0.0956. The van der Waals surface area contributed by atoms with Crippen molar-refractivity contribution in [3.63, 3.8) is 0 Å². The second-order valence-electron chi connectivity index (χ2n) is 0.867. The van der Waals surface area contributed by atoms with Gasteiger partial charge in [0.25, 0.3) is 0 Å². The van der Waals surface area contributed by atoms with Gasteiger partial charge in [0.15, 0.2) is 5.12 Å². The van der Waals surface area contributed by atoms with Gasteiger partial charge in [-0.25, -0.2) is 0 Å². The number of hydrogen-bond donors (Lipinski definition) is 3. The Kier molecular flexibility index (Phi) is 13.6. The molecule has 0 fully saturated rings. The Labute approximate surface area is 53.7 Å². The van der Waals surface area contributed by atoms with Crippen LogP contribution in [-0.4, -0.2) is 29.0 Å². The first kappa shape index (κ1) is 10.8. The fraction of sp³-hybridized carbons (Fsp3) is 0.750. The smallest absolute Gasteiger partial charge is 0.188 e. The molecule has 0 amide bonds. The van der Waals surface area contributed by atoms with Crippen LogP contribution in [0.4, 0.5) is 0 Å². The number of aliphatic hydroxyl groups is 2. The Morgan fingerprint density at radius 3 is 2.00 bits per heavy atom. The SMILES string of the molecule is CO.O=C(S)CCO. The predicted octanol–water partition coefficient (Wildman–Crippen LogP) is -0.566. The molecular formula is C4H10O3S. The molecule has 4 heteroatoms. The highest BCUT2D eigenvalue weighted by molar-refractivity contribution is 7.96. The molecule has 0 radical (unpaired) electrons. The average molecular weight is 138 g/mol. The molecule has 0 aliphatic carbocycles. The average Bonchev–Trinajstić information content (AvgIpc) is 1.72. The topological polar surface area (TPSA) is 57.5 Å². The van der Waals surface area contributed by atoms with Crippen molar-refractivity contribution < 1.29 is 15.0 Å². The number of aliphatic hydroxyl groups excluding tert-OH is 2. The predicted molar refractivity (Wildman–Crippen MR) is 33.8 cm³/mol. The minimum absolute atomic E-state index is 0.0949. The molecule has 0 heterocycles. The van der Waals surface area contributed by atoms with Crippen molar-refractivity contribution in [2.75, 3.05) is 13.7 Å². The van der Waals surface area contributed by atoms with Gasteiger partial charge in [-0.05, 0) is 0 Å². The fourth-order valence-corrected chi connectivity index (χ4v) is 0.196.